The first kappa shape index (κ1) is 23.0. The van der Waals surface area contributed by atoms with Gasteiger partial charge in [-0.25, -0.2) is 0 Å². The van der Waals surface area contributed by atoms with Crippen molar-refractivity contribution in [1.82, 2.24) is 4.90 Å². The van der Waals surface area contributed by atoms with Gasteiger partial charge in [-0.15, -0.1) is 0 Å². The number of rotatable bonds is 9. The number of methoxy groups -OCH3 is 2. The normalized spacial score (nSPS) is 11.3. The van der Waals surface area contributed by atoms with Gasteiger partial charge in [0.15, 0.2) is 0 Å². The van der Waals surface area contributed by atoms with E-state index in [1.807, 2.05) is 28.9 Å². The molecule has 0 aromatic heterocycles. The Balaban J connectivity index is 1.96. The number of halogens is 2. The van der Waals surface area contributed by atoms with Crippen molar-refractivity contribution in [3.63, 3.8) is 0 Å². The molecule has 0 heterocycles. The predicted molar refractivity (Wildman–Crippen MR) is 122 cm³/mol. The second kappa shape index (κ2) is 11.6. The number of benzene rings is 3. The van der Waals surface area contributed by atoms with Gasteiger partial charge in [0.2, 0.25) is 0 Å². The Hall–Kier alpha value is -1.71. The van der Waals surface area contributed by atoms with Gasteiger partial charge in [0.25, 0.3) is 0 Å². The first-order valence-corrected chi connectivity index (χ1v) is 14.9. The molecule has 0 atom stereocenters. The van der Waals surface area contributed by atoms with Crippen molar-refractivity contribution < 1.29 is 23.0 Å². The van der Waals surface area contributed by atoms with Gasteiger partial charge in [-0.2, -0.15) is 0 Å². The molecule has 30 heavy (non-hydrogen) atoms. The van der Waals surface area contributed by atoms with Gasteiger partial charge in [0.05, 0.1) is 0 Å². The molecule has 0 fully saturated rings. The molecular weight excluding hydrogens is 506 g/mol. The minimum atomic E-state index is -2.00. The zero-order valence-corrected chi connectivity index (χ0v) is 20.3. The van der Waals surface area contributed by atoms with E-state index >= 15 is 0 Å². The first-order chi connectivity index (χ1) is 14.6. The van der Waals surface area contributed by atoms with Gasteiger partial charge in [-0.3, -0.25) is 0 Å². The van der Waals surface area contributed by atoms with E-state index in [9.17, 15) is 0 Å². The average molecular weight is 531 g/mol. The number of nitrogens with zero attached hydrogens (tertiary/aromatic N) is 1. The average Bonchev–Trinajstić information content (AvgIpc) is 2.75. The third-order valence-corrected chi connectivity index (χ3v) is 6.56. The van der Waals surface area contributed by atoms with E-state index in [2.05, 4.69) is 53.4 Å². The maximum atomic E-state index is 6.22. The van der Waals surface area contributed by atoms with Crippen LogP contribution in [0.5, 0.6) is 11.5 Å². The summed E-state index contributed by atoms with van der Waals surface area (Å²) in [6.07, 6.45) is 0. The molecular formula is C24H25Cl2NO2Ru. The Labute approximate surface area is 191 Å². The second-order valence-electron chi connectivity index (χ2n) is 6.83. The third kappa shape index (κ3) is 6.65. The maximum absolute atomic E-state index is 6.22. The number of hydrogen-bond acceptors (Lipinski definition) is 3. The Bertz CT molecular complexity index is 936. The van der Waals surface area contributed by atoms with Crippen molar-refractivity contribution >= 4 is 24.0 Å². The molecule has 0 amide bonds. The molecule has 0 aliphatic heterocycles. The SMILES string of the molecule is COc1cc([CH]=[Ru]([Cl])[Cl])c(CN(Cc2ccccc2)Cc2ccccc2)cc1OC. The Morgan fingerprint density at radius 2 is 1.27 bits per heavy atom. The van der Waals surface area contributed by atoms with Crippen LogP contribution in [0.15, 0.2) is 72.8 Å². The Kier molecular flexibility index (Phi) is 8.90. The van der Waals surface area contributed by atoms with Gasteiger partial charge in [-0.05, 0) is 0 Å². The Morgan fingerprint density at radius 3 is 1.73 bits per heavy atom. The van der Waals surface area contributed by atoms with E-state index in [4.69, 9.17) is 28.9 Å². The van der Waals surface area contributed by atoms with E-state index < -0.39 is 13.5 Å². The van der Waals surface area contributed by atoms with Crippen LogP contribution in [-0.4, -0.2) is 23.7 Å². The molecule has 3 aromatic carbocycles. The van der Waals surface area contributed by atoms with E-state index in [0.29, 0.717) is 11.5 Å². The van der Waals surface area contributed by atoms with E-state index in [1.165, 1.54) is 11.1 Å². The van der Waals surface area contributed by atoms with E-state index in [1.54, 1.807) is 14.2 Å². The van der Waals surface area contributed by atoms with Crippen molar-refractivity contribution in [2.24, 2.45) is 0 Å². The topological polar surface area (TPSA) is 21.7 Å². The zero-order chi connectivity index (χ0) is 21.3. The summed E-state index contributed by atoms with van der Waals surface area (Å²) in [5.74, 6) is 1.38. The predicted octanol–water partition coefficient (Wildman–Crippen LogP) is 5.98. The van der Waals surface area contributed by atoms with Crippen molar-refractivity contribution in [2.75, 3.05) is 14.2 Å². The van der Waals surface area contributed by atoms with Gasteiger partial charge in [-0.1, -0.05) is 0 Å². The Morgan fingerprint density at radius 1 is 0.767 bits per heavy atom. The van der Waals surface area contributed by atoms with Crippen LogP contribution in [0.25, 0.3) is 0 Å². The zero-order valence-electron chi connectivity index (χ0n) is 17.0. The van der Waals surface area contributed by atoms with Crippen LogP contribution in [0.3, 0.4) is 0 Å². The summed E-state index contributed by atoms with van der Waals surface area (Å²) in [6, 6.07) is 25.0. The van der Waals surface area contributed by atoms with Gasteiger partial charge in [0, 0.05) is 0 Å². The van der Waals surface area contributed by atoms with Crippen LogP contribution in [0, 0.1) is 0 Å². The van der Waals surface area contributed by atoms with Crippen LogP contribution >= 0.6 is 19.4 Å². The summed E-state index contributed by atoms with van der Waals surface area (Å²) < 4.78 is 13.0. The summed E-state index contributed by atoms with van der Waals surface area (Å²) in [4.78, 5) is 2.41. The van der Waals surface area contributed by atoms with Crippen molar-refractivity contribution in [2.45, 2.75) is 19.6 Å². The monoisotopic (exact) mass is 531 g/mol. The molecule has 0 aliphatic carbocycles. The molecule has 6 heteroatoms. The molecule has 160 valence electrons. The van der Waals surface area contributed by atoms with E-state index in [-0.39, 0.29) is 0 Å². The fraction of sp³-hybridized carbons (Fsp3) is 0.208. The molecule has 0 N–H and O–H groups in total. The van der Waals surface area contributed by atoms with E-state index in [0.717, 1.165) is 30.8 Å². The summed E-state index contributed by atoms with van der Waals surface area (Å²) >= 11 is -2.00. The summed E-state index contributed by atoms with van der Waals surface area (Å²) in [5, 5.41) is 0. The number of hydrogen-bond donors (Lipinski definition) is 0. The summed E-state index contributed by atoms with van der Waals surface area (Å²) in [5.41, 5.74) is 4.64. The second-order valence-corrected chi connectivity index (χ2v) is 12.6. The van der Waals surface area contributed by atoms with Crippen LogP contribution < -0.4 is 9.47 Å². The van der Waals surface area contributed by atoms with Gasteiger partial charge in [0.1, 0.15) is 0 Å². The molecule has 0 bridgehead atoms. The van der Waals surface area contributed by atoms with Crippen LogP contribution in [0.1, 0.15) is 22.3 Å². The molecule has 0 saturated carbocycles. The molecule has 0 unspecified atom stereocenters. The molecule has 0 spiro atoms. The molecule has 0 radical (unpaired) electrons. The van der Waals surface area contributed by atoms with Crippen molar-refractivity contribution in [3.8, 4) is 11.5 Å². The molecule has 3 nitrogen and oxygen atoms in total. The summed E-state index contributed by atoms with van der Waals surface area (Å²) in [7, 11) is 15.7. The quantitative estimate of drug-likeness (QED) is 0.317. The minimum absolute atomic E-state index is 0.675. The van der Waals surface area contributed by atoms with Gasteiger partial charge < -0.3 is 0 Å². The number of ether oxygens (including phenoxy) is 2. The van der Waals surface area contributed by atoms with Crippen molar-refractivity contribution in [1.29, 1.82) is 0 Å². The first-order valence-electron chi connectivity index (χ1n) is 9.47. The van der Waals surface area contributed by atoms with Gasteiger partial charge >= 0.3 is 192 Å². The fourth-order valence-corrected chi connectivity index (χ4v) is 5.20. The van der Waals surface area contributed by atoms with Crippen LogP contribution in [-0.2, 0) is 33.2 Å². The van der Waals surface area contributed by atoms with Crippen LogP contribution in [0.4, 0.5) is 0 Å². The summed E-state index contributed by atoms with van der Waals surface area (Å²) in [6.45, 7) is 2.38. The molecule has 0 saturated heterocycles. The third-order valence-electron chi connectivity index (χ3n) is 4.72. The molecule has 0 aliphatic rings. The van der Waals surface area contributed by atoms with Crippen LogP contribution in [0.2, 0.25) is 0 Å². The molecule has 3 aromatic rings. The standard InChI is InChI=1S/C24H25NO2.2ClH.Ru/c1-19-14-23(26-2)24(27-3)15-22(19)18-25(16-20-10-6-4-7-11-20)17-21-12-8-5-9-13-21;;;/h1,4-15H,16-18H2,2-3H3;2*1H;/q;;;+2/p-2. The fourth-order valence-electron chi connectivity index (χ4n) is 3.34. The molecule has 3 rings (SSSR count). The van der Waals surface area contributed by atoms with Crippen molar-refractivity contribution in [3.05, 3.63) is 95.1 Å².